The average molecular weight is 312 g/mol. The van der Waals surface area contributed by atoms with Gasteiger partial charge in [-0.05, 0) is 36.6 Å². The van der Waals surface area contributed by atoms with Gasteiger partial charge >= 0.3 is 5.97 Å². The number of hydrogen-bond acceptors (Lipinski definition) is 4. The van der Waals surface area contributed by atoms with Crippen LogP contribution in [-0.4, -0.2) is 24.0 Å². The number of esters is 1. The second-order valence-corrected chi connectivity index (χ2v) is 5.21. The third kappa shape index (κ3) is 4.16. The van der Waals surface area contributed by atoms with Gasteiger partial charge in [-0.3, -0.25) is 9.78 Å². The molecule has 0 aliphatic rings. The van der Waals surface area contributed by atoms with Crippen molar-refractivity contribution in [1.29, 1.82) is 0 Å². The number of hydrogen-bond donors (Lipinski definition) is 1. The Kier molecular flexibility index (Phi) is 5.46. The van der Waals surface area contributed by atoms with Gasteiger partial charge in [-0.2, -0.15) is 0 Å². The number of rotatable bonds is 5. The molecule has 23 heavy (non-hydrogen) atoms. The molecule has 1 unspecified atom stereocenters. The molecule has 5 nitrogen and oxygen atoms in total. The molecule has 0 saturated carbocycles. The van der Waals surface area contributed by atoms with Crippen molar-refractivity contribution in [3.05, 3.63) is 65.0 Å². The number of carbonyl (C=O) groups excluding carboxylic acids is 2. The number of aryl methyl sites for hydroxylation is 1. The number of ether oxygens (including phenoxy) is 1. The molecule has 0 saturated heterocycles. The van der Waals surface area contributed by atoms with Gasteiger partial charge < -0.3 is 10.1 Å². The van der Waals surface area contributed by atoms with Crippen molar-refractivity contribution in [3.63, 3.8) is 0 Å². The molecule has 0 radical (unpaired) electrons. The van der Waals surface area contributed by atoms with E-state index in [9.17, 15) is 9.59 Å². The van der Waals surface area contributed by atoms with Crippen LogP contribution in [0.25, 0.3) is 0 Å². The van der Waals surface area contributed by atoms with Gasteiger partial charge in [-0.15, -0.1) is 0 Å². The topological polar surface area (TPSA) is 68.3 Å². The van der Waals surface area contributed by atoms with Crippen molar-refractivity contribution in [2.45, 2.75) is 26.3 Å². The van der Waals surface area contributed by atoms with Crippen LogP contribution in [0, 0.1) is 0 Å². The normalized spacial score (nSPS) is 11.6. The maximum absolute atomic E-state index is 12.2. The molecule has 5 heteroatoms. The van der Waals surface area contributed by atoms with Gasteiger partial charge in [-0.1, -0.05) is 31.2 Å². The smallest absolute Gasteiger partial charge is 0.339 e. The van der Waals surface area contributed by atoms with E-state index < -0.39 is 5.97 Å². The Morgan fingerprint density at radius 1 is 1.17 bits per heavy atom. The number of amides is 1. The molecule has 2 aromatic rings. The average Bonchev–Trinajstić information content (AvgIpc) is 2.61. The lowest BCUT2D eigenvalue weighted by atomic mass is 10.0. The molecule has 0 aliphatic heterocycles. The third-order valence-corrected chi connectivity index (χ3v) is 3.65. The molecule has 1 atom stereocenters. The Balaban J connectivity index is 2.04. The lowest BCUT2D eigenvalue weighted by molar-refractivity contribution is 0.0599. The first-order chi connectivity index (χ1) is 11.0. The molecule has 0 aliphatic carbocycles. The zero-order chi connectivity index (χ0) is 16.8. The van der Waals surface area contributed by atoms with Crippen LogP contribution in [0.4, 0.5) is 0 Å². The zero-order valence-corrected chi connectivity index (χ0v) is 13.5. The number of nitrogens with zero attached hydrogens (tertiary/aromatic N) is 1. The van der Waals surface area contributed by atoms with Crippen LogP contribution >= 0.6 is 0 Å². The monoisotopic (exact) mass is 312 g/mol. The number of methoxy groups -OCH3 is 1. The first-order valence-electron chi connectivity index (χ1n) is 7.49. The van der Waals surface area contributed by atoms with Crippen molar-refractivity contribution < 1.29 is 14.3 Å². The van der Waals surface area contributed by atoms with E-state index in [1.165, 1.54) is 31.0 Å². The van der Waals surface area contributed by atoms with Gasteiger partial charge in [-0.25, -0.2) is 4.79 Å². The number of nitrogens with one attached hydrogen (secondary N) is 1. The first-order valence-corrected chi connectivity index (χ1v) is 7.49. The maximum Gasteiger partial charge on any atom is 0.339 e. The van der Waals surface area contributed by atoms with Gasteiger partial charge in [0.05, 0.1) is 18.7 Å². The summed E-state index contributed by atoms with van der Waals surface area (Å²) >= 11 is 0. The highest BCUT2D eigenvalue weighted by Crippen LogP contribution is 2.14. The van der Waals surface area contributed by atoms with Gasteiger partial charge in [0.1, 0.15) is 5.69 Å². The molecule has 120 valence electrons. The van der Waals surface area contributed by atoms with E-state index in [-0.39, 0.29) is 17.6 Å². The molecule has 1 amide bonds. The van der Waals surface area contributed by atoms with Crippen LogP contribution in [-0.2, 0) is 11.2 Å². The second-order valence-electron chi connectivity index (χ2n) is 5.21. The molecular formula is C18H20N2O3. The third-order valence-electron chi connectivity index (χ3n) is 3.65. The summed E-state index contributed by atoms with van der Waals surface area (Å²) in [6, 6.07) is 11.0. The van der Waals surface area contributed by atoms with E-state index in [0.717, 1.165) is 12.0 Å². The fraction of sp³-hybridized carbons (Fsp3) is 0.278. The van der Waals surface area contributed by atoms with Gasteiger partial charge in [0.2, 0.25) is 0 Å². The minimum Gasteiger partial charge on any atom is -0.465 e. The summed E-state index contributed by atoms with van der Waals surface area (Å²) in [6.45, 7) is 4.02. The van der Waals surface area contributed by atoms with E-state index in [1.807, 2.05) is 19.1 Å². The summed E-state index contributed by atoms with van der Waals surface area (Å²) in [5, 5.41) is 2.89. The molecule has 1 aromatic heterocycles. The molecule has 1 N–H and O–H groups in total. The fourth-order valence-corrected chi connectivity index (χ4v) is 2.16. The Labute approximate surface area is 135 Å². The van der Waals surface area contributed by atoms with Crippen molar-refractivity contribution in [2.24, 2.45) is 0 Å². The van der Waals surface area contributed by atoms with Crippen LogP contribution in [0.3, 0.4) is 0 Å². The molecule has 2 rings (SSSR count). The molecule has 0 spiro atoms. The lowest BCUT2D eigenvalue weighted by Gasteiger charge is -2.14. The standard InChI is InChI=1S/C18H20N2O3/c1-4-13-5-7-14(8-6-13)12(2)20-17(21)16-10-9-15(11-19-16)18(22)23-3/h5-12H,4H2,1-3H3,(H,20,21). The minimum atomic E-state index is -0.478. The van der Waals surface area contributed by atoms with Crippen LogP contribution in [0.1, 0.15) is 51.9 Å². The van der Waals surface area contributed by atoms with E-state index in [0.29, 0.717) is 5.56 Å². The largest absolute Gasteiger partial charge is 0.465 e. The fourth-order valence-electron chi connectivity index (χ4n) is 2.16. The van der Waals surface area contributed by atoms with Gasteiger partial charge in [0.15, 0.2) is 0 Å². The van der Waals surface area contributed by atoms with Crippen LogP contribution in [0.2, 0.25) is 0 Å². The van der Waals surface area contributed by atoms with E-state index in [2.05, 4.69) is 34.1 Å². The predicted octanol–water partition coefficient (Wildman–Crippen LogP) is 2.92. The number of carbonyl (C=O) groups is 2. The Bertz CT molecular complexity index is 678. The highest BCUT2D eigenvalue weighted by Gasteiger charge is 2.14. The van der Waals surface area contributed by atoms with E-state index in [4.69, 9.17) is 0 Å². The Morgan fingerprint density at radius 2 is 1.87 bits per heavy atom. The summed E-state index contributed by atoms with van der Waals surface area (Å²) < 4.78 is 4.60. The van der Waals surface area contributed by atoms with E-state index >= 15 is 0 Å². The summed E-state index contributed by atoms with van der Waals surface area (Å²) in [7, 11) is 1.30. The van der Waals surface area contributed by atoms with Crippen molar-refractivity contribution in [2.75, 3.05) is 7.11 Å². The number of benzene rings is 1. The van der Waals surface area contributed by atoms with Crippen LogP contribution in [0.5, 0.6) is 0 Å². The predicted molar refractivity (Wildman–Crippen MR) is 87.3 cm³/mol. The second kappa shape index (κ2) is 7.54. The first kappa shape index (κ1) is 16.7. The van der Waals surface area contributed by atoms with Crippen LogP contribution < -0.4 is 5.32 Å². The zero-order valence-electron chi connectivity index (χ0n) is 13.5. The minimum absolute atomic E-state index is 0.129. The molecule has 1 aromatic carbocycles. The van der Waals surface area contributed by atoms with E-state index in [1.54, 1.807) is 0 Å². The molecule has 0 fully saturated rings. The Hall–Kier alpha value is -2.69. The van der Waals surface area contributed by atoms with Crippen molar-refractivity contribution in [3.8, 4) is 0 Å². The number of pyridine rings is 1. The molecule has 1 heterocycles. The SMILES string of the molecule is CCc1ccc(C(C)NC(=O)c2ccc(C(=O)OC)cn2)cc1. The summed E-state index contributed by atoms with van der Waals surface area (Å²) in [4.78, 5) is 27.6. The van der Waals surface area contributed by atoms with Crippen LogP contribution in [0.15, 0.2) is 42.6 Å². The summed E-state index contributed by atoms with van der Waals surface area (Å²) in [5.41, 5.74) is 2.86. The van der Waals surface area contributed by atoms with Gasteiger partial charge in [0.25, 0.3) is 5.91 Å². The highest BCUT2D eigenvalue weighted by atomic mass is 16.5. The summed E-state index contributed by atoms with van der Waals surface area (Å²) in [5.74, 6) is -0.762. The Morgan fingerprint density at radius 3 is 2.39 bits per heavy atom. The van der Waals surface area contributed by atoms with Crippen molar-refractivity contribution in [1.82, 2.24) is 10.3 Å². The quantitative estimate of drug-likeness (QED) is 0.862. The van der Waals surface area contributed by atoms with Crippen molar-refractivity contribution >= 4 is 11.9 Å². The maximum atomic E-state index is 12.2. The highest BCUT2D eigenvalue weighted by molar-refractivity contribution is 5.94. The molecule has 0 bridgehead atoms. The summed E-state index contributed by atoms with van der Waals surface area (Å²) in [6.07, 6.45) is 2.32. The molecular weight excluding hydrogens is 292 g/mol. The van der Waals surface area contributed by atoms with Gasteiger partial charge in [0, 0.05) is 6.20 Å². The lowest BCUT2D eigenvalue weighted by Crippen LogP contribution is -2.27. The number of aromatic nitrogens is 1.